The molecule has 0 unspecified atom stereocenters. The fraction of sp³-hybridized carbons (Fsp3) is 0.167. The molecule has 0 saturated carbocycles. The lowest BCUT2D eigenvalue weighted by atomic mass is 9.97. The van der Waals surface area contributed by atoms with Crippen LogP contribution in [-0.4, -0.2) is 24.0 Å². The molecule has 4 rings (SSSR count). The third-order valence-electron chi connectivity index (χ3n) is 5.19. The lowest BCUT2D eigenvalue weighted by Gasteiger charge is -2.14. The number of aliphatic carboxylic acids is 1. The Morgan fingerprint density at radius 1 is 1.00 bits per heavy atom. The van der Waals surface area contributed by atoms with Crippen LogP contribution in [0.3, 0.4) is 0 Å². The number of benzene rings is 3. The van der Waals surface area contributed by atoms with Gasteiger partial charge in [0.2, 0.25) is 0 Å². The molecule has 3 aromatic carbocycles. The number of carboxylic acid groups (broad SMARTS) is 1. The fourth-order valence-electron chi connectivity index (χ4n) is 3.81. The first kappa shape index (κ1) is 15.3. The summed E-state index contributed by atoms with van der Waals surface area (Å²) in [7, 11) is -2.54. The number of anilines is 1. The molecule has 0 aliphatic heterocycles. The zero-order valence-electron chi connectivity index (χ0n) is 18.6. The molecule has 0 aromatic heterocycles. The molecule has 29 heavy (non-hydrogen) atoms. The minimum atomic E-state index is -2.54. The molecule has 1 aliphatic rings. The van der Waals surface area contributed by atoms with E-state index in [4.69, 9.17) is 8.85 Å². The molecule has 3 aromatic rings. The molecule has 0 heterocycles. The Hall–Kier alpha value is -3.60. The zero-order valence-corrected chi connectivity index (χ0v) is 15.6. The van der Waals surface area contributed by atoms with Crippen LogP contribution in [0.2, 0.25) is 0 Å². The number of carboxylic acids is 1. The lowest BCUT2D eigenvalue weighted by molar-refractivity contribution is -0.133. The van der Waals surface area contributed by atoms with Gasteiger partial charge < -0.3 is 15.2 Å². The first-order chi connectivity index (χ1) is 15.2. The third kappa shape index (κ3) is 3.59. The van der Waals surface area contributed by atoms with Gasteiger partial charge in [-0.05, 0) is 54.0 Å². The van der Waals surface area contributed by atoms with Crippen molar-refractivity contribution in [3.63, 3.8) is 0 Å². The van der Waals surface area contributed by atoms with E-state index in [0.29, 0.717) is 30.5 Å². The predicted octanol–water partition coefficient (Wildman–Crippen LogP) is 5.02. The number of fused-ring (bicyclic) bond motifs is 1. The average molecular weight is 390 g/mol. The van der Waals surface area contributed by atoms with Gasteiger partial charge in [-0.25, -0.2) is 4.79 Å². The fourth-order valence-corrected chi connectivity index (χ4v) is 3.81. The van der Waals surface area contributed by atoms with Gasteiger partial charge in [0.15, 0.2) is 0 Å². The summed E-state index contributed by atoms with van der Waals surface area (Å²) in [4.78, 5) is 24.2. The summed E-state index contributed by atoms with van der Waals surface area (Å²) in [6, 6.07) is 18.0. The minimum absolute atomic E-state index is 0.175. The molecular formula is C24H21NO4. The Labute approximate surface area is 172 Å². The van der Waals surface area contributed by atoms with Gasteiger partial charge in [0.25, 0.3) is 5.91 Å². The smallest absolute Gasteiger partial charge is 0.332 e. The summed E-state index contributed by atoms with van der Waals surface area (Å²) in [5.41, 5.74) is 2.69. The van der Waals surface area contributed by atoms with E-state index in [0.717, 1.165) is 21.9 Å². The second kappa shape index (κ2) is 7.80. The largest absolute Gasteiger partial charge is 0.497 e. The summed E-state index contributed by atoms with van der Waals surface area (Å²) in [6.07, 6.45) is 1.49. The standard InChI is InChI=1S/C24H21NO4/c1-29-16-7-4-6-15(14-16)17-12-13-22(19-9-3-2-8-18(17)19)25-23(26)20-10-5-11-21(20)24(27)28/h2-4,6-9,12-14H,5,10-11H2,1H3,(H,25,26)(H,27,28)/i1D3. The molecule has 0 saturated heterocycles. The average Bonchev–Trinajstić information content (AvgIpc) is 3.23. The van der Waals surface area contributed by atoms with Gasteiger partial charge in [-0.1, -0.05) is 42.5 Å². The summed E-state index contributed by atoms with van der Waals surface area (Å²) < 4.78 is 27.0. The lowest BCUT2D eigenvalue weighted by Crippen LogP contribution is -2.16. The van der Waals surface area contributed by atoms with Crippen LogP contribution in [-0.2, 0) is 9.59 Å². The van der Waals surface area contributed by atoms with Gasteiger partial charge in [0, 0.05) is 22.2 Å². The van der Waals surface area contributed by atoms with Crippen molar-refractivity contribution >= 4 is 28.3 Å². The molecule has 5 nitrogen and oxygen atoms in total. The Morgan fingerprint density at radius 3 is 2.59 bits per heavy atom. The maximum absolute atomic E-state index is 12.8. The SMILES string of the molecule is [2H]C([2H])([2H])Oc1cccc(-c2ccc(NC(=O)C3=C(C(=O)O)CCC3)c3ccccc23)c1. The number of ether oxygens (including phenoxy) is 1. The molecule has 2 N–H and O–H groups in total. The van der Waals surface area contributed by atoms with Crippen LogP contribution in [0, 0.1) is 0 Å². The summed E-state index contributed by atoms with van der Waals surface area (Å²) >= 11 is 0. The Bertz CT molecular complexity index is 1250. The van der Waals surface area contributed by atoms with Crippen LogP contribution in [0.5, 0.6) is 5.75 Å². The van der Waals surface area contributed by atoms with Crippen LogP contribution in [0.25, 0.3) is 21.9 Å². The van der Waals surface area contributed by atoms with Crippen molar-refractivity contribution in [1.29, 1.82) is 0 Å². The van der Waals surface area contributed by atoms with Crippen LogP contribution in [0.4, 0.5) is 5.69 Å². The number of amides is 1. The van der Waals surface area contributed by atoms with Crippen molar-refractivity contribution in [3.05, 3.63) is 71.8 Å². The Kier molecular flexibility index (Phi) is 4.12. The molecule has 0 bridgehead atoms. The maximum atomic E-state index is 12.8. The third-order valence-corrected chi connectivity index (χ3v) is 5.19. The molecule has 1 amide bonds. The van der Waals surface area contributed by atoms with E-state index in [1.54, 1.807) is 24.3 Å². The first-order valence-electron chi connectivity index (χ1n) is 10.8. The van der Waals surface area contributed by atoms with Gasteiger partial charge in [-0.3, -0.25) is 4.79 Å². The Morgan fingerprint density at radius 2 is 1.79 bits per heavy atom. The number of rotatable bonds is 5. The Balaban J connectivity index is 1.72. The highest BCUT2D eigenvalue weighted by atomic mass is 16.5. The molecule has 1 aliphatic carbocycles. The van der Waals surface area contributed by atoms with E-state index in [1.165, 1.54) is 0 Å². The minimum Gasteiger partial charge on any atom is -0.497 e. The van der Waals surface area contributed by atoms with Crippen LogP contribution in [0.1, 0.15) is 23.4 Å². The highest BCUT2D eigenvalue weighted by molar-refractivity contribution is 6.13. The number of nitrogens with one attached hydrogen (secondary N) is 1. The summed E-state index contributed by atoms with van der Waals surface area (Å²) in [5, 5.41) is 13.9. The number of hydrogen-bond acceptors (Lipinski definition) is 3. The highest BCUT2D eigenvalue weighted by Gasteiger charge is 2.25. The topological polar surface area (TPSA) is 75.6 Å². The van der Waals surface area contributed by atoms with E-state index in [9.17, 15) is 14.7 Å². The second-order valence-corrected chi connectivity index (χ2v) is 6.91. The molecule has 0 radical (unpaired) electrons. The molecule has 0 spiro atoms. The van der Waals surface area contributed by atoms with E-state index in [2.05, 4.69) is 5.32 Å². The van der Waals surface area contributed by atoms with E-state index in [1.807, 2.05) is 36.4 Å². The van der Waals surface area contributed by atoms with Gasteiger partial charge in [0.05, 0.1) is 11.2 Å². The van der Waals surface area contributed by atoms with Gasteiger partial charge in [0.1, 0.15) is 5.75 Å². The quantitative estimate of drug-likeness (QED) is 0.641. The molecule has 0 fully saturated rings. The van der Waals surface area contributed by atoms with Gasteiger partial charge in [-0.2, -0.15) is 0 Å². The monoisotopic (exact) mass is 390 g/mol. The summed E-state index contributed by atoms with van der Waals surface area (Å²) in [6.45, 7) is 0. The molecular weight excluding hydrogens is 366 g/mol. The molecule has 0 atom stereocenters. The number of methoxy groups -OCH3 is 1. The van der Waals surface area contributed by atoms with Gasteiger partial charge in [-0.15, -0.1) is 0 Å². The summed E-state index contributed by atoms with van der Waals surface area (Å²) in [5.74, 6) is -1.21. The molecule has 5 heteroatoms. The van der Waals surface area contributed by atoms with Gasteiger partial charge >= 0.3 is 5.97 Å². The van der Waals surface area contributed by atoms with Crippen molar-refractivity contribution in [3.8, 4) is 16.9 Å². The normalized spacial score (nSPS) is 15.5. The predicted molar refractivity (Wildman–Crippen MR) is 113 cm³/mol. The highest BCUT2D eigenvalue weighted by Crippen LogP contribution is 2.35. The van der Waals surface area contributed by atoms with E-state index >= 15 is 0 Å². The van der Waals surface area contributed by atoms with E-state index in [-0.39, 0.29) is 11.3 Å². The number of carbonyl (C=O) groups is 2. The first-order valence-corrected chi connectivity index (χ1v) is 9.31. The number of carbonyl (C=O) groups excluding carboxylic acids is 1. The zero-order chi connectivity index (χ0) is 22.9. The molecule has 146 valence electrons. The second-order valence-electron chi connectivity index (χ2n) is 6.91. The van der Waals surface area contributed by atoms with Crippen molar-refractivity contribution in [1.82, 2.24) is 0 Å². The van der Waals surface area contributed by atoms with Crippen LogP contribution < -0.4 is 10.1 Å². The van der Waals surface area contributed by atoms with Crippen molar-refractivity contribution in [2.45, 2.75) is 19.3 Å². The van der Waals surface area contributed by atoms with Crippen LogP contribution >= 0.6 is 0 Å². The van der Waals surface area contributed by atoms with Crippen molar-refractivity contribution < 1.29 is 23.5 Å². The maximum Gasteiger partial charge on any atom is 0.332 e. The number of hydrogen-bond donors (Lipinski definition) is 2. The van der Waals surface area contributed by atoms with Crippen molar-refractivity contribution in [2.75, 3.05) is 12.4 Å². The van der Waals surface area contributed by atoms with E-state index < -0.39 is 18.9 Å². The van der Waals surface area contributed by atoms with Crippen molar-refractivity contribution in [2.24, 2.45) is 0 Å². The van der Waals surface area contributed by atoms with Crippen LogP contribution in [0.15, 0.2) is 71.8 Å².